The van der Waals surface area contributed by atoms with Crippen molar-refractivity contribution >= 4 is 5.97 Å². The number of carbonyl (C=O) groups is 1. The van der Waals surface area contributed by atoms with Crippen molar-refractivity contribution < 1.29 is 23.8 Å². The van der Waals surface area contributed by atoms with E-state index in [1.54, 1.807) is 0 Å². The summed E-state index contributed by atoms with van der Waals surface area (Å²) in [6.45, 7) is 4.19. The molecule has 0 saturated heterocycles. The molecule has 0 atom stereocenters. The molecule has 1 aliphatic carbocycles. The summed E-state index contributed by atoms with van der Waals surface area (Å²) < 4.78 is 25.8. The van der Waals surface area contributed by atoms with Gasteiger partial charge >= 0.3 is 5.97 Å². The van der Waals surface area contributed by atoms with Gasteiger partial charge in [-0.1, -0.05) is 12.1 Å². The topological polar surface area (TPSA) is 55.8 Å². The molecule has 0 amide bonds. The zero-order valence-corrected chi connectivity index (χ0v) is 15.5. The van der Waals surface area contributed by atoms with Crippen molar-refractivity contribution in [1.29, 1.82) is 0 Å². The molecular weight excluding hydrogens is 347 g/mol. The van der Waals surface area contributed by atoms with Crippen LogP contribution in [0.1, 0.15) is 49.8 Å². The number of carboxylic acids is 1. The first-order valence-electron chi connectivity index (χ1n) is 9.22. The molecule has 4 nitrogen and oxygen atoms in total. The maximum Gasteiger partial charge on any atom is 0.304 e. The fourth-order valence-electron chi connectivity index (χ4n) is 3.93. The van der Waals surface area contributed by atoms with Gasteiger partial charge in [0.05, 0.1) is 6.42 Å². The van der Waals surface area contributed by atoms with Crippen LogP contribution in [0.4, 0.5) is 4.39 Å². The van der Waals surface area contributed by atoms with Crippen molar-refractivity contribution in [2.24, 2.45) is 0 Å². The van der Waals surface area contributed by atoms with E-state index in [0.717, 1.165) is 29.7 Å². The van der Waals surface area contributed by atoms with E-state index in [4.69, 9.17) is 14.6 Å². The number of carboxylic acid groups (broad SMARTS) is 1. The largest absolute Gasteiger partial charge is 0.489 e. The maximum atomic E-state index is 13.9. The van der Waals surface area contributed by atoms with Crippen molar-refractivity contribution in [2.75, 3.05) is 0 Å². The molecule has 1 N–H and O–H groups in total. The predicted molar refractivity (Wildman–Crippen MR) is 98.7 cm³/mol. The second kappa shape index (κ2) is 6.25. The van der Waals surface area contributed by atoms with Gasteiger partial charge < -0.3 is 14.6 Å². The van der Waals surface area contributed by atoms with Crippen molar-refractivity contribution in [3.05, 3.63) is 58.9 Å². The zero-order valence-electron chi connectivity index (χ0n) is 15.5. The monoisotopic (exact) mass is 370 g/mol. The zero-order chi connectivity index (χ0) is 19.2. The van der Waals surface area contributed by atoms with Crippen molar-refractivity contribution in [1.82, 2.24) is 0 Å². The molecule has 27 heavy (non-hydrogen) atoms. The van der Waals surface area contributed by atoms with Gasteiger partial charge in [0.15, 0.2) is 0 Å². The number of aliphatic carboxylic acids is 1. The van der Waals surface area contributed by atoms with Crippen LogP contribution in [0.3, 0.4) is 0 Å². The second-order valence-corrected chi connectivity index (χ2v) is 8.26. The van der Waals surface area contributed by atoms with Crippen LogP contribution in [-0.2, 0) is 23.2 Å². The highest BCUT2D eigenvalue weighted by atomic mass is 19.1. The van der Waals surface area contributed by atoms with E-state index < -0.39 is 5.97 Å². The van der Waals surface area contributed by atoms with Gasteiger partial charge in [0.2, 0.25) is 0 Å². The van der Waals surface area contributed by atoms with Crippen LogP contribution in [0.2, 0.25) is 0 Å². The van der Waals surface area contributed by atoms with E-state index in [1.807, 2.05) is 38.1 Å². The van der Waals surface area contributed by atoms with Gasteiger partial charge in [0.1, 0.15) is 29.5 Å². The Morgan fingerprint density at radius 2 is 1.93 bits per heavy atom. The first kappa shape index (κ1) is 17.8. The van der Waals surface area contributed by atoms with Gasteiger partial charge in [-0.15, -0.1) is 0 Å². The molecule has 0 unspecified atom stereocenters. The molecule has 0 aromatic heterocycles. The van der Waals surface area contributed by atoms with Crippen LogP contribution in [0.25, 0.3) is 0 Å². The fourth-order valence-corrected chi connectivity index (χ4v) is 3.93. The Morgan fingerprint density at radius 1 is 1.22 bits per heavy atom. The molecule has 2 aromatic carbocycles. The average molecular weight is 370 g/mol. The van der Waals surface area contributed by atoms with Crippen LogP contribution in [0, 0.1) is 5.82 Å². The Hall–Kier alpha value is -2.56. The number of hydrogen-bond acceptors (Lipinski definition) is 3. The SMILES string of the molecule is CC1(C)Cc2cc(F)cc(COc3ccc(C4(CC(=O)O)CC4)cc3)c2O1. The standard InChI is InChI=1S/C22H23FO4/c1-21(2)11-14-9-17(23)10-15(20(14)27-21)13-26-18-5-3-16(4-6-18)22(7-8-22)12-19(24)25/h3-6,9-10H,7-8,11-13H2,1-2H3,(H,24,25). The van der Waals surface area contributed by atoms with Crippen LogP contribution in [-0.4, -0.2) is 16.7 Å². The highest BCUT2D eigenvalue weighted by molar-refractivity contribution is 5.70. The molecule has 2 aromatic rings. The molecule has 0 bridgehead atoms. The van der Waals surface area contributed by atoms with Crippen LogP contribution >= 0.6 is 0 Å². The lowest BCUT2D eigenvalue weighted by molar-refractivity contribution is -0.137. The Balaban J connectivity index is 1.47. The Labute approximate surface area is 157 Å². The second-order valence-electron chi connectivity index (χ2n) is 8.26. The van der Waals surface area contributed by atoms with Gasteiger partial charge in [0, 0.05) is 23.0 Å². The molecule has 5 heteroatoms. The summed E-state index contributed by atoms with van der Waals surface area (Å²) in [7, 11) is 0. The molecule has 2 aliphatic rings. The van der Waals surface area contributed by atoms with Crippen molar-refractivity contribution in [3.63, 3.8) is 0 Å². The highest BCUT2D eigenvalue weighted by Crippen LogP contribution is 2.51. The number of ether oxygens (including phenoxy) is 2. The summed E-state index contributed by atoms with van der Waals surface area (Å²) in [6, 6.07) is 10.5. The smallest absolute Gasteiger partial charge is 0.304 e. The third-order valence-corrected chi connectivity index (χ3v) is 5.41. The van der Waals surface area contributed by atoms with Gasteiger partial charge in [-0.05, 0) is 56.5 Å². The molecule has 142 valence electrons. The van der Waals surface area contributed by atoms with E-state index >= 15 is 0 Å². The summed E-state index contributed by atoms with van der Waals surface area (Å²) in [5.74, 6) is 0.334. The molecular formula is C22H23FO4. The van der Waals surface area contributed by atoms with Gasteiger partial charge in [-0.2, -0.15) is 0 Å². The summed E-state index contributed by atoms with van der Waals surface area (Å²) in [4.78, 5) is 11.1. The van der Waals surface area contributed by atoms with E-state index in [1.165, 1.54) is 12.1 Å². The van der Waals surface area contributed by atoms with Crippen LogP contribution in [0.5, 0.6) is 11.5 Å². The van der Waals surface area contributed by atoms with Crippen LogP contribution < -0.4 is 9.47 Å². The summed E-state index contributed by atoms with van der Waals surface area (Å²) in [5, 5.41) is 9.08. The molecule has 0 spiro atoms. The highest BCUT2D eigenvalue weighted by Gasteiger charge is 2.45. The Bertz CT molecular complexity index is 882. The number of rotatable bonds is 6. The van der Waals surface area contributed by atoms with Gasteiger partial charge in [-0.3, -0.25) is 4.79 Å². The Kier molecular flexibility index (Phi) is 4.13. The Morgan fingerprint density at radius 3 is 2.56 bits per heavy atom. The normalized spacial score (nSPS) is 18.5. The minimum Gasteiger partial charge on any atom is -0.489 e. The number of fused-ring (bicyclic) bond motifs is 1. The number of hydrogen-bond donors (Lipinski definition) is 1. The molecule has 1 saturated carbocycles. The minimum absolute atomic E-state index is 0.162. The molecule has 1 aliphatic heterocycles. The predicted octanol–water partition coefficient (Wildman–Crippen LogP) is 4.62. The van der Waals surface area contributed by atoms with E-state index in [9.17, 15) is 9.18 Å². The molecule has 1 fully saturated rings. The summed E-state index contributed by atoms with van der Waals surface area (Å²) in [6.07, 6.45) is 2.65. The maximum absolute atomic E-state index is 13.9. The van der Waals surface area contributed by atoms with Gasteiger partial charge in [-0.25, -0.2) is 4.39 Å². The first-order chi connectivity index (χ1) is 12.8. The molecule has 0 radical (unpaired) electrons. The average Bonchev–Trinajstić information content (AvgIpc) is 3.28. The lowest BCUT2D eigenvalue weighted by Crippen LogP contribution is -2.25. The number of halogens is 1. The van der Waals surface area contributed by atoms with Crippen LogP contribution in [0.15, 0.2) is 36.4 Å². The lowest BCUT2D eigenvalue weighted by Gasteiger charge is -2.18. The van der Waals surface area contributed by atoms with Crippen molar-refractivity contribution in [2.45, 2.75) is 57.2 Å². The molecule has 1 heterocycles. The minimum atomic E-state index is -0.768. The van der Waals surface area contributed by atoms with E-state index in [-0.39, 0.29) is 29.9 Å². The summed E-state index contributed by atoms with van der Waals surface area (Å²) >= 11 is 0. The van der Waals surface area contributed by atoms with E-state index in [0.29, 0.717) is 17.7 Å². The third kappa shape index (κ3) is 3.64. The quantitative estimate of drug-likeness (QED) is 0.806. The number of benzene rings is 2. The van der Waals surface area contributed by atoms with Crippen molar-refractivity contribution in [3.8, 4) is 11.5 Å². The molecule has 4 rings (SSSR count). The third-order valence-electron chi connectivity index (χ3n) is 5.41. The summed E-state index contributed by atoms with van der Waals surface area (Å²) in [5.41, 5.74) is 2.05. The lowest BCUT2D eigenvalue weighted by atomic mass is 9.92. The first-order valence-corrected chi connectivity index (χ1v) is 9.22. The van der Waals surface area contributed by atoms with E-state index in [2.05, 4.69) is 0 Å². The fraction of sp³-hybridized carbons (Fsp3) is 0.409. The van der Waals surface area contributed by atoms with Gasteiger partial charge in [0.25, 0.3) is 0 Å².